The average molecular weight is 368 g/mol. The molecule has 0 bridgehead atoms. The number of rotatable bonds is 12. The Morgan fingerprint density at radius 1 is 1.28 bits per heavy atom. The van der Waals surface area contributed by atoms with E-state index in [2.05, 4.69) is 9.97 Å². The smallest absolute Gasteiger partial charge is 0.235 e. The van der Waals surface area contributed by atoms with Gasteiger partial charge in [0.15, 0.2) is 5.12 Å². The van der Waals surface area contributed by atoms with Gasteiger partial charge in [-0.2, -0.15) is 0 Å². The van der Waals surface area contributed by atoms with E-state index in [9.17, 15) is 19.2 Å². The third-order valence-electron chi connectivity index (χ3n) is 3.58. The number of carbonyl (C=O) groups excluding carboxylic acids is 4. The summed E-state index contributed by atoms with van der Waals surface area (Å²) in [5, 5.41) is -0.216. The first-order valence-corrected chi connectivity index (χ1v) is 8.98. The summed E-state index contributed by atoms with van der Waals surface area (Å²) in [5.41, 5.74) is 11.4. The van der Waals surface area contributed by atoms with Crippen molar-refractivity contribution in [2.45, 2.75) is 45.1 Å². The van der Waals surface area contributed by atoms with Crippen molar-refractivity contribution >= 4 is 34.4 Å². The first kappa shape index (κ1) is 21.0. The molecule has 0 saturated carbocycles. The van der Waals surface area contributed by atoms with Crippen molar-refractivity contribution in [3.8, 4) is 0 Å². The molecule has 1 amide bonds. The van der Waals surface area contributed by atoms with E-state index in [1.54, 1.807) is 6.20 Å². The van der Waals surface area contributed by atoms with Crippen molar-refractivity contribution in [1.29, 1.82) is 0 Å². The number of nitrogens with two attached hydrogens (primary N) is 2. The maximum absolute atomic E-state index is 12.4. The fourth-order valence-corrected chi connectivity index (χ4v) is 3.09. The summed E-state index contributed by atoms with van der Waals surface area (Å²) in [6.07, 6.45) is 4.62. The number of primary amides is 1. The van der Waals surface area contributed by atoms with E-state index in [1.165, 1.54) is 13.3 Å². The van der Waals surface area contributed by atoms with Crippen molar-refractivity contribution < 1.29 is 19.2 Å². The molecule has 0 fully saturated rings. The lowest BCUT2D eigenvalue weighted by atomic mass is 9.96. The second kappa shape index (κ2) is 10.8. The minimum absolute atomic E-state index is 0.0360. The van der Waals surface area contributed by atoms with Crippen LogP contribution in [0.5, 0.6) is 0 Å². The standard InChI is InChI=1S/C16H24N4O4S/c1-10(21)3-2-4-13(22)6-11(5-12-7-19-9-20-12)16(24)25-8-14(17)15(18)23/h7,9,11,14H,2-6,8,17H2,1H3,(H2,18,23)(H,19,20)/t11-,14?/m1/s1. The average Bonchev–Trinajstić information content (AvgIpc) is 3.04. The van der Waals surface area contributed by atoms with E-state index in [0.717, 1.165) is 17.5 Å². The van der Waals surface area contributed by atoms with Crippen LogP contribution in [0.2, 0.25) is 0 Å². The van der Waals surface area contributed by atoms with Crippen molar-refractivity contribution in [3.05, 3.63) is 18.2 Å². The Hall–Kier alpha value is -2.00. The van der Waals surface area contributed by atoms with Crippen LogP contribution in [0.3, 0.4) is 0 Å². The molecule has 8 nitrogen and oxygen atoms in total. The molecule has 0 saturated heterocycles. The molecule has 25 heavy (non-hydrogen) atoms. The Bertz CT molecular complexity index is 603. The molecule has 9 heteroatoms. The number of aromatic amines is 1. The molecule has 0 aliphatic heterocycles. The fraction of sp³-hybridized carbons (Fsp3) is 0.562. The summed E-state index contributed by atoms with van der Waals surface area (Å²) in [6.45, 7) is 1.48. The van der Waals surface area contributed by atoms with E-state index >= 15 is 0 Å². The van der Waals surface area contributed by atoms with E-state index in [0.29, 0.717) is 19.3 Å². The molecule has 1 aromatic rings. The number of amides is 1. The van der Waals surface area contributed by atoms with Gasteiger partial charge in [-0.25, -0.2) is 4.98 Å². The number of ketones is 2. The SMILES string of the molecule is CC(=O)CCCC(=O)C[C@@H](Cc1cnc[nH]1)C(=O)SCC(N)C(N)=O. The van der Waals surface area contributed by atoms with E-state index in [1.807, 2.05) is 0 Å². The van der Waals surface area contributed by atoms with E-state index < -0.39 is 17.9 Å². The van der Waals surface area contributed by atoms with Crippen LogP contribution in [0.4, 0.5) is 0 Å². The normalized spacial score (nSPS) is 13.2. The van der Waals surface area contributed by atoms with Crippen LogP contribution in [0.1, 0.15) is 38.3 Å². The van der Waals surface area contributed by atoms with Crippen LogP contribution in [-0.4, -0.2) is 44.4 Å². The lowest BCUT2D eigenvalue weighted by Crippen LogP contribution is -2.39. The Morgan fingerprint density at radius 2 is 2.00 bits per heavy atom. The Kier molecular flexibility index (Phi) is 9.07. The van der Waals surface area contributed by atoms with Gasteiger partial charge >= 0.3 is 0 Å². The van der Waals surface area contributed by atoms with Crippen molar-refractivity contribution in [2.24, 2.45) is 17.4 Å². The van der Waals surface area contributed by atoms with Gasteiger partial charge < -0.3 is 21.2 Å². The Balaban J connectivity index is 2.62. The highest BCUT2D eigenvalue weighted by molar-refractivity contribution is 8.13. The second-order valence-corrected chi connectivity index (χ2v) is 6.94. The largest absolute Gasteiger partial charge is 0.368 e. The van der Waals surface area contributed by atoms with Crippen molar-refractivity contribution in [3.63, 3.8) is 0 Å². The molecule has 138 valence electrons. The van der Waals surface area contributed by atoms with Gasteiger partial charge in [-0.15, -0.1) is 0 Å². The minimum atomic E-state index is -0.909. The van der Waals surface area contributed by atoms with Gasteiger partial charge in [0, 0.05) is 49.2 Å². The fourth-order valence-electron chi connectivity index (χ4n) is 2.18. The van der Waals surface area contributed by atoms with Crippen molar-refractivity contribution in [1.82, 2.24) is 9.97 Å². The predicted molar refractivity (Wildman–Crippen MR) is 94.6 cm³/mol. The minimum Gasteiger partial charge on any atom is -0.368 e. The lowest BCUT2D eigenvalue weighted by Gasteiger charge is -2.15. The number of nitrogens with zero attached hydrogens (tertiary/aromatic N) is 1. The highest BCUT2D eigenvalue weighted by Gasteiger charge is 2.24. The number of hydrogen-bond acceptors (Lipinski definition) is 7. The number of H-pyrrole nitrogens is 1. The van der Waals surface area contributed by atoms with Crippen LogP contribution in [0.15, 0.2) is 12.5 Å². The molecule has 1 rings (SSSR count). The summed E-state index contributed by atoms with van der Waals surface area (Å²) in [5.74, 6) is -1.18. The second-order valence-electron chi connectivity index (χ2n) is 5.92. The highest BCUT2D eigenvalue weighted by Crippen LogP contribution is 2.21. The van der Waals surface area contributed by atoms with Crippen LogP contribution in [0, 0.1) is 5.92 Å². The number of aromatic nitrogens is 2. The molecular weight excluding hydrogens is 344 g/mol. The van der Waals surface area contributed by atoms with E-state index in [4.69, 9.17) is 11.5 Å². The summed E-state index contributed by atoms with van der Waals surface area (Å²) in [6, 6.07) is -0.909. The number of nitrogens with one attached hydrogen (secondary N) is 1. The molecule has 0 spiro atoms. The summed E-state index contributed by atoms with van der Waals surface area (Å²) < 4.78 is 0. The summed E-state index contributed by atoms with van der Waals surface area (Å²) in [7, 11) is 0. The maximum atomic E-state index is 12.4. The van der Waals surface area contributed by atoms with Gasteiger partial charge in [0.05, 0.1) is 12.4 Å². The zero-order valence-electron chi connectivity index (χ0n) is 14.2. The summed E-state index contributed by atoms with van der Waals surface area (Å²) in [4.78, 5) is 53.3. The number of hydrogen-bond donors (Lipinski definition) is 3. The predicted octanol–water partition coefficient (Wildman–Crippen LogP) is 0.359. The maximum Gasteiger partial charge on any atom is 0.235 e. The third-order valence-corrected chi connectivity index (χ3v) is 4.73. The molecule has 1 heterocycles. The molecular formula is C16H24N4O4S. The van der Waals surface area contributed by atoms with Gasteiger partial charge in [0.25, 0.3) is 0 Å². The zero-order chi connectivity index (χ0) is 18.8. The van der Waals surface area contributed by atoms with Crippen LogP contribution >= 0.6 is 11.8 Å². The number of imidazole rings is 1. The molecule has 0 radical (unpaired) electrons. The molecule has 1 unspecified atom stereocenters. The number of Topliss-reactive ketones (excluding diaryl/α,β-unsaturated/α-hetero) is 2. The van der Waals surface area contributed by atoms with Gasteiger partial charge in [-0.1, -0.05) is 11.8 Å². The van der Waals surface area contributed by atoms with E-state index in [-0.39, 0.29) is 35.3 Å². The van der Waals surface area contributed by atoms with Gasteiger partial charge in [-0.05, 0) is 13.3 Å². The third kappa shape index (κ3) is 8.59. The lowest BCUT2D eigenvalue weighted by molar-refractivity contribution is -0.124. The molecule has 1 aromatic heterocycles. The van der Waals surface area contributed by atoms with Gasteiger partial charge in [0.2, 0.25) is 5.91 Å². The van der Waals surface area contributed by atoms with Crippen LogP contribution < -0.4 is 11.5 Å². The Labute approximate surface area is 150 Å². The molecule has 2 atom stereocenters. The Morgan fingerprint density at radius 3 is 2.56 bits per heavy atom. The molecule has 0 aliphatic carbocycles. The topological polar surface area (TPSA) is 149 Å². The summed E-state index contributed by atoms with van der Waals surface area (Å²) >= 11 is 0.908. The number of thioether (sulfide) groups is 1. The zero-order valence-corrected chi connectivity index (χ0v) is 15.0. The molecule has 5 N–H and O–H groups in total. The quantitative estimate of drug-likeness (QED) is 0.482. The molecule has 0 aliphatic rings. The monoisotopic (exact) mass is 368 g/mol. The van der Waals surface area contributed by atoms with Gasteiger partial charge in [0.1, 0.15) is 11.6 Å². The number of carbonyl (C=O) groups is 4. The first-order chi connectivity index (χ1) is 11.8. The molecule has 0 aromatic carbocycles. The van der Waals surface area contributed by atoms with Crippen LogP contribution in [0.25, 0.3) is 0 Å². The van der Waals surface area contributed by atoms with Crippen molar-refractivity contribution in [2.75, 3.05) is 5.75 Å². The van der Waals surface area contributed by atoms with Gasteiger partial charge in [-0.3, -0.25) is 14.4 Å². The first-order valence-electron chi connectivity index (χ1n) is 7.99. The highest BCUT2D eigenvalue weighted by atomic mass is 32.2. The van der Waals surface area contributed by atoms with Crippen LogP contribution in [-0.2, 0) is 25.6 Å².